The Morgan fingerprint density at radius 1 is 1.55 bits per heavy atom. The van der Waals surface area contributed by atoms with E-state index in [0.717, 1.165) is 5.56 Å². The number of aromatic nitrogens is 2. The quantitative estimate of drug-likeness (QED) is 0.653. The lowest BCUT2D eigenvalue weighted by Gasteiger charge is -2.06. The van der Waals surface area contributed by atoms with E-state index in [-0.39, 0.29) is 5.91 Å². The summed E-state index contributed by atoms with van der Waals surface area (Å²) < 4.78 is 0. The van der Waals surface area contributed by atoms with Crippen LogP contribution in [0, 0.1) is 0 Å². The SMILES string of the molecule is CC[C@H](N)C(=O)Nc1nc(-c2c[nH]c(C(N)=O)c2)cs1. The summed E-state index contributed by atoms with van der Waals surface area (Å²) in [5.41, 5.74) is 12.5. The van der Waals surface area contributed by atoms with Crippen molar-refractivity contribution in [3.8, 4) is 11.3 Å². The number of primary amides is 1. The first-order valence-corrected chi connectivity index (χ1v) is 6.89. The van der Waals surface area contributed by atoms with Gasteiger partial charge in [-0.2, -0.15) is 0 Å². The molecular formula is C12H15N5O2S. The summed E-state index contributed by atoms with van der Waals surface area (Å²) in [6, 6.07) is 1.07. The molecule has 0 bridgehead atoms. The van der Waals surface area contributed by atoms with E-state index in [4.69, 9.17) is 11.5 Å². The first kappa shape index (κ1) is 14.2. The second-order valence-corrected chi connectivity index (χ2v) is 5.07. The zero-order valence-electron chi connectivity index (χ0n) is 10.8. The van der Waals surface area contributed by atoms with Gasteiger partial charge in [-0.3, -0.25) is 9.59 Å². The van der Waals surface area contributed by atoms with Crippen LogP contribution < -0.4 is 16.8 Å². The fraction of sp³-hybridized carbons (Fsp3) is 0.250. The van der Waals surface area contributed by atoms with Crippen molar-refractivity contribution < 1.29 is 9.59 Å². The van der Waals surface area contributed by atoms with Crippen LogP contribution in [0.5, 0.6) is 0 Å². The number of amides is 2. The molecule has 6 N–H and O–H groups in total. The number of hydrogen-bond donors (Lipinski definition) is 4. The van der Waals surface area contributed by atoms with Gasteiger partial charge < -0.3 is 21.8 Å². The topological polar surface area (TPSA) is 127 Å². The Kier molecular flexibility index (Phi) is 4.16. The first-order valence-electron chi connectivity index (χ1n) is 6.01. The second kappa shape index (κ2) is 5.85. The van der Waals surface area contributed by atoms with Crippen molar-refractivity contribution in [2.24, 2.45) is 11.5 Å². The minimum absolute atomic E-state index is 0.264. The molecule has 0 unspecified atom stereocenters. The molecule has 0 radical (unpaired) electrons. The standard InChI is InChI=1S/C12H15N5O2S/c1-2-7(13)11(19)17-12-16-9(5-20-12)6-3-8(10(14)18)15-4-6/h3-5,7,15H,2,13H2,1H3,(H2,14,18)(H,16,17,19)/t7-/m0/s1. The molecule has 20 heavy (non-hydrogen) atoms. The Morgan fingerprint density at radius 3 is 2.90 bits per heavy atom. The number of H-pyrrole nitrogens is 1. The van der Waals surface area contributed by atoms with Crippen molar-refractivity contribution in [2.45, 2.75) is 19.4 Å². The zero-order valence-corrected chi connectivity index (χ0v) is 11.7. The molecule has 0 saturated carbocycles. The summed E-state index contributed by atoms with van der Waals surface area (Å²) in [7, 11) is 0. The molecule has 0 aliphatic rings. The normalized spacial score (nSPS) is 12.1. The highest BCUT2D eigenvalue weighted by Gasteiger charge is 2.14. The van der Waals surface area contributed by atoms with Crippen LogP contribution in [0.15, 0.2) is 17.6 Å². The van der Waals surface area contributed by atoms with Crippen molar-refractivity contribution in [2.75, 3.05) is 5.32 Å². The van der Waals surface area contributed by atoms with E-state index in [1.807, 2.05) is 6.92 Å². The van der Waals surface area contributed by atoms with E-state index < -0.39 is 11.9 Å². The van der Waals surface area contributed by atoms with Gasteiger partial charge in [-0.15, -0.1) is 11.3 Å². The third kappa shape index (κ3) is 3.03. The molecule has 0 aliphatic carbocycles. The molecule has 2 rings (SSSR count). The van der Waals surface area contributed by atoms with Crippen molar-refractivity contribution in [1.82, 2.24) is 9.97 Å². The van der Waals surface area contributed by atoms with Crippen molar-refractivity contribution in [1.29, 1.82) is 0 Å². The smallest absolute Gasteiger partial charge is 0.265 e. The van der Waals surface area contributed by atoms with E-state index >= 15 is 0 Å². The summed E-state index contributed by atoms with van der Waals surface area (Å²) in [5, 5.41) is 4.90. The number of nitrogens with two attached hydrogens (primary N) is 2. The summed E-state index contributed by atoms with van der Waals surface area (Å²) >= 11 is 1.29. The van der Waals surface area contributed by atoms with Gasteiger partial charge in [-0.05, 0) is 12.5 Å². The molecular weight excluding hydrogens is 278 g/mol. The molecule has 0 aliphatic heterocycles. The van der Waals surface area contributed by atoms with E-state index in [0.29, 0.717) is 22.9 Å². The minimum Gasteiger partial charge on any atom is -0.364 e. The van der Waals surface area contributed by atoms with E-state index in [9.17, 15) is 9.59 Å². The summed E-state index contributed by atoms with van der Waals surface area (Å²) in [5.74, 6) is -0.797. The predicted molar refractivity (Wildman–Crippen MR) is 77.3 cm³/mol. The van der Waals surface area contributed by atoms with Gasteiger partial charge in [0.2, 0.25) is 5.91 Å². The number of rotatable bonds is 5. The molecule has 0 fully saturated rings. The van der Waals surface area contributed by atoms with Crippen LogP contribution in [0.3, 0.4) is 0 Å². The van der Waals surface area contributed by atoms with Crippen LogP contribution in [0.25, 0.3) is 11.3 Å². The van der Waals surface area contributed by atoms with Crippen LogP contribution in [0.2, 0.25) is 0 Å². The van der Waals surface area contributed by atoms with Crippen molar-refractivity contribution in [3.63, 3.8) is 0 Å². The average Bonchev–Trinajstić information content (AvgIpc) is 3.05. The van der Waals surface area contributed by atoms with Gasteiger partial charge >= 0.3 is 0 Å². The summed E-state index contributed by atoms with van der Waals surface area (Å²) in [6.07, 6.45) is 2.20. The number of thiazole rings is 1. The molecule has 0 saturated heterocycles. The molecule has 1 atom stereocenters. The Balaban J connectivity index is 2.12. The van der Waals surface area contributed by atoms with Gasteiger partial charge in [0, 0.05) is 17.1 Å². The number of hydrogen-bond acceptors (Lipinski definition) is 5. The summed E-state index contributed by atoms with van der Waals surface area (Å²) in [6.45, 7) is 1.84. The van der Waals surface area contributed by atoms with Gasteiger partial charge in [0.15, 0.2) is 5.13 Å². The monoisotopic (exact) mass is 293 g/mol. The highest BCUT2D eigenvalue weighted by atomic mass is 32.1. The fourth-order valence-electron chi connectivity index (χ4n) is 1.53. The van der Waals surface area contributed by atoms with Gasteiger partial charge in [0.25, 0.3) is 5.91 Å². The predicted octanol–water partition coefficient (Wildman–Crippen LogP) is 0.913. The maximum absolute atomic E-state index is 11.6. The lowest BCUT2D eigenvalue weighted by Crippen LogP contribution is -2.34. The number of aromatic amines is 1. The lowest BCUT2D eigenvalue weighted by molar-refractivity contribution is -0.117. The van der Waals surface area contributed by atoms with Gasteiger partial charge in [-0.25, -0.2) is 4.98 Å². The number of anilines is 1. The maximum atomic E-state index is 11.6. The fourth-order valence-corrected chi connectivity index (χ4v) is 2.25. The molecule has 8 heteroatoms. The van der Waals surface area contributed by atoms with Crippen LogP contribution in [-0.2, 0) is 4.79 Å². The maximum Gasteiger partial charge on any atom is 0.265 e. The highest BCUT2D eigenvalue weighted by Crippen LogP contribution is 2.25. The van der Waals surface area contributed by atoms with Crippen molar-refractivity contribution >= 4 is 28.3 Å². The number of carbonyl (C=O) groups is 2. The molecule has 2 aromatic heterocycles. The molecule has 2 heterocycles. The molecule has 7 nitrogen and oxygen atoms in total. The second-order valence-electron chi connectivity index (χ2n) is 4.21. The van der Waals surface area contributed by atoms with Crippen LogP contribution >= 0.6 is 11.3 Å². The minimum atomic E-state index is -0.545. The van der Waals surface area contributed by atoms with Gasteiger partial charge in [0.05, 0.1) is 11.7 Å². The molecule has 106 valence electrons. The third-order valence-corrected chi connectivity index (χ3v) is 3.51. The van der Waals surface area contributed by atoms with E-state index in [1.165, 1.54) is 11.3 Å². The average molecular weight is 293 g/mol. The Labute approximate surface area is 119 Å². The molecule has 2 amide bonds. The van der Waals surface area contributed by atoms with Crippen LogP contribution in [0.1, 0.15) is 23.8 Å². The van der Waals surface area contributed by atoms with E-state index in [2.05, 4.69) is 15.3 Å². The van der Waals surface area contributed by atoms with Crippen molar-refractivity contribution in [3.05, 3.63) is 23.3 Å². The Hall–Kier alpha value is -2.19. The Bertz CT molecular complexity index is 633. The highest BCUT2D eigenvalue weighted by molar-refractivity contribution is 7.14. The third-order valence-electron chi connectivity index (χ3n) is 2.76. The molecule has 2 aromatic rings. The lowest BCUT2D eigenvalue weighted by atomic mass is 10.2. The number of carbonyl (C=O) groups excluding carboxylic acids is 2. The Morgan fingerprint density at radius 2 is 2.30 bits per heavy atom. The number of nitrogens with one attached hydrogen (secondary N) is 2. The summed E-state index contributed by atoms with van der Waals surface area (Å²) in [4.78, 5) is 29.7. The molecule has 0 spiro atoms. The van der Waals surface area contributed by atoms with Gasteiger partial charge in [-0.1, -0.05) is 6.92 Å². The van der Waals surface area contributed by atoms with Crippen LogP contribution in [-0.4, -0.2) is 27.8 Å². The first-order chi connectivity index (χ1) is 9.51. The van der Waals surface area contributed by atoms with Gasteiger partial charge in [0.1, 0.15) is 5.69 Å². The number of nitrogens with zero attached hydrogens (tertiary/aromatic N) is 1. The zero-order chi connectivity index (χ0) is 14.7. The van der Waals surface area contributed by atoms with Crippen LogP contribution in [0.4, 0.5) is 5.13 Å². The molecule has 0 aromatic carbocycles. The largest absolute Gasteiger partial charge is 0.364 e. The van der Waals surface area contributed by atoms with E-state index in [1.54, 1.807) is 17.6 Å².